The van der Waals surface area contributed by atoms with Gasteiger partial charge in [-0.25, -0.2) is 9.37 Å². The number of carbonyl (C=O) groups is 1. The first-order valence-electron chi connectivity index (χ1n) is 7.31. The molecule has 5 heteroatoms. The maximum Gasteiger partial charge on any atom is 0.312 e. The zero-order chi connectivity index (χ0) is 17.2. The third kappa shape index (κ3) is 3.56. The molecule has 0 aliphatic carbocycles. The summed E-state index contributed by atoms with van der Waals surface area (Å²) in [4.78, 5) is 15.5. The first-order valence-corrected chi connectivity index (χ1v) is 7.31. The van der Waals surface area contributed by atoms with E-state index in [0.717, 1.165) is 0 Å². The summed E-state index contributed by atoms with van der Waals surface area (Å²) in [5.41, 5.74) is 0.135. The van der Waals surface area contributed by atoms with Gasteiger partial charge in [-0.15, -0.1) is 0 Å². The lowest BCUT2D eigenvalue weighted by atomic mass is 9.92. The number of methoxy groups -OCH3 is 1. The number of ether oxygens (including phenoxy) is 1. The fraction of sp³-hybridized carbons (Fsp3) is 0.333. The minimum atomic E-state index is -1.07. The molecule has 122 valence electrons. The van der Waals surface area contributed by atoms with Crippen LogP contribution in [0.1, 0.15) is 38.1 Å². The molecule has 0 amide bonds. The molecule has 1 atom stereocenters. The molecule has 4 nitrogen and oxygen atoms in total. The van der Waals surface area contributed by atoms with Crippen LogP contribution >= 0.6 is 0 Å². The van der Waals surface area contributed by atoms with Crippen LogP contribution in [-0.2, 0) is 9.53 Å². The number of carboxylic acids is 1. The topological polar surface area (TPSA) is 59.4 Å². The Labute approximate surface area is 134 Å². The second kappa shape index (κ2) is 6.46. The standard InChI is InChI=1S/C18H20FNO3/c1-11(23-4)14-8-7-13-6-5-12(15(19)16(13)20-14)9-10-18(2,3)17(21)22/h5-11H,1-4H3,(H,21,22). The quantitative estimate of drug-likeness (QED) is 0.897. The lowest BCUT2D eigenvalue weighted by Gasteiger charge is -2.13. The lowest BCUT2D eigenvalue weighted by molar-refractivity contribution is -0.144. The van der Waals surface area contributed by atoms with Crippen LogP contribution in [0.4, 0.5) is 4.39 Å². The van der Waals surface area contributed by atoms with Crippen LogP contribution in [0.3, 0.4) is 0 Å². The van der Waals surface area contributed by atoms with Crippen molar-refractivity contribution in [3.05, 3.63) is 47.4 Å². The number of fused-ring (bicyclic) bond motifs is 1. The second-order valence-electron chi connectivity index (χ2n) is 6.01. The number of carboxylic acid groups (broad SMARTS) is 1. The summed E-state index contributed by atoms with van der Waals surface area (Å²) < 4.78 is 19.9. The molecule has 0 saturated heterocycles. The van der Waals surface area contributed by atoms with E-state index in [1.165, 1.54) is 12.2 Å². The van der Waals surface area contributed by atoms with E-state index in [9.17, 15) is 9.18 Å². The number of hydrogen-bond acceptors (Lipinski definition) is 3. The highest BCUT2D eigenvalue weighted by molar-refractivity contribution is 5.83. The summed E-state index contributed by atoms with van der Waals surface area (Å²) >= 11 is 0. The van der Waals surface area contributed by atoms with E-state index in [1.54, 1.807) is 45.2 Å². The molecule has 2 aromatic rings. The minimum Gasteiger partial charge on any atom is -0.481 e. The molecule has 1 heterocycles. The van der Waals surface area contributed by atoms with E-state index in [0.29, 0.717) is 16.6 Å². The molecule has 1 aromatic carbocycles. The third-order valence-electron chi connectivity index (χ3n) is 3.85. The van der Waals surface area contributed by atoms with Crippen LogP contribution in [0.15, 0.2) is 30.3 Å². The fourth-order valence-corrected chi connectivity index (χ4v) is 2.03. The van der Waals surface area contributed by atoms with Gasteiger partial charge in [-0.1, -0.05) is 30.4 Å². The number of hydrogen-bond donors (Lipinski definition) is 1. The highest BCUT2D eigenvalue weighted by Gasteiger charge is 2.23. The zero-order valence-corrected chi connectivity index (χ0v) is 13.6. The molecule has 0 spiro atoms. The number of aliphatic carboxylic acids is 1. The van der Waals surface area contributed by atoms with Crippen LogP contribution in [0, 0.1) is 11.2 Å². The normalized spacial score (nSPS) is 13.6. The Kier molecular flexibility index (Phi) is 4.80. The van der Waals surface area contributed by atoms with Crippen molar-refractivity contribution in [3.8, 4) is 0 Å². The Morgan fingerprint density at radius 2 is 2.00 bits per heavy atom. The van der Waals surface area contributed by atoms with Gasteiger partial charge < -0.3 is 9.84 Å². The van der Waals surface area contributed by atoms with Crippen LogP contribution in [0.25, 0.3) is 17.0 Å². The molecule has 2 rings (SSSR count). The molecular formula is C18H20FNO3. The van der Waals surface area contributed by atoms with Crippen molar-refractivity contribution in [2.75, 3.05) is 7.11 Å². The molecule has 1 N–H and O–H groups in total. The van der Waals surface area contributed by atoms with Crippen LogP contribution in [-0.4, -0.2) is 23.2 Å². The summed E-state index contributed by atoms with van der Waals surface area (Å²) in [6, 6.07) is 6.98. The fourth-order valence-electron chi connectivity index (χ4n) is 2.03. The van der Waals surface area contributed by atoms with Crippen molar-refractivity contribution < 1.29 is 19.0 Å². The van der Waals surface area contributed by atoms with Gasteiger partial charge in [-0.3, -0.25) is 4.79 Å². The average Bonchev–Trinajstić information content (AvgIpc) is 2.53. The van der Waals surface area contributed by atoms with Gasteiger partial charge in [0.2, 0.25) is 0 Å². The predicted molar refractivity (Wildman–Crippen MR) is 87.6 cm³/mol. The maximum absolute atomic E-state index is 14.7. The summed E-state index contributed by atoms with van der Waals surface area (Å²) in [5, 5.41) is 9.80. The molecule has 1 aromatic heterocycles. The monoisotopic (exact) mass is 317 g/mol. The largest absolute Gasteiger partial charge is 0.481 e. The molecule has 1 unspecified atom stereocenters. The van der Waals surface area contributed by atoms with Crippen molar-refractivity contribution >= 4 is 22.9 Å². The Morgan fingerprint density at radius 3 is 2.61 bits per heavy atom. The van der Waals surface area contributed by atoms with Crippen LogP contribution in [0.2, 0.25) is 0 Å². The molecule has 0 fully saturated rings. The highest BCUT2D eigenvalue weighted by atomic mass is 19.1. The number of halogens is 1. The van der Waals surface area contributed by atoms with E-state index >= 15 is 0 Å². The van der Waals surface area contributed by atoms with Crippen molar-refractivity contribution in [2.24, 2.45) is 5.41 Å². The van der Waals surface area contributed by atoms with E-state index in [-0.39, 0.29) is 11.6 Å². The van der Waals surface area contributed by atoms with E-state index in [4.69, 9.17) is 9.84 Å². The minimum absolute atomic E-state index is 0.232. The number of pyridine rings is 1. The molecule has 0 bridgehead atoms. The van der Waals surface area contributed by atoms with Gasteiger partial charge in [0.25, 0.3) is 0 Å². The van der Waals surface area contributed by atoms with Crippen molar-refractivity contribution in [2.45, 2.75) is 26.9 Å². The number of nitrogens with zero attached hydrogens (tertiary/aromatic N) is 1. The Hall–Kier alpha value is -2.27. The van der Waals surface area contributed by atoms with Gasteiger partial charge in [0.1, 0.15) is 5.52 Å². The van der Waals surface area contributed by atoms with Crippen molar-refractivity contribution in [1.82, 2.24) is 4.98 Å². The smallest absolute Gasteiger partial charge is 0.312 e. The van der Waals surface area contributed by atoms with Gasteiger partial charge in [0, 0.05) is 18.1 Å². The van der Waals surface area contributed by atoms with Gasteiger partial charge in [0.05, 0.1) is 17.2 Å². The van der Waals surface area contributed by atoms with Crippen LogP contribution in [0.5, 0.6) is 0 Å². The summed E-state index contributed by atoms with van der Waals surface area (Å²) in [5.74, 6) is -1.44. The van der Waals surface area contributed by atoms with E-state index in [2.05, 4.69) is 4.98 Å². The summed E-state index contributed by atoms with van der Waals surface area (Å²) in [7, 11) is 1.57. The molecule has 0 saturated carbocycles. The Bertz CT molecular complexity index is 768. The first-order chi connectivity index (χ1) is 10.8. The van der Waals surface area contributed by atoms with Gasteiger partial charge >= 0.3 is 5.97 Å². The van der Waals surface area contributed by atoms with E-state index in [1.807, 2.05) is 6.92 Å². The average molecular weight is 317 g/mol. The summed E-state index contributed by atoms with van der Waals surface area (Å²) in [6.07, 6.45) is 2.72. The lowest BCUT2D eigenvalue weighted by Crippen LogP contribution is -2.20. The van der Waals surface area contributed by atoms with Gasteiger partial charge in [-0.05, 0) is 26.8 Å². The number of rotatable bonds is 5. The van der Waals surface area contributed by atoms with E-state index < -0.39 is 17.2 Å². The zero-order valence-electron chi connectivity index (χ0n) is 13.6. The third-order valence-corrected chi connectivity index (χ3v) is 3.85. The predicted octanol–water partition coefficient (Wildman–Crippen LogP) is 4.21. The molecule has 0 aliphatic rings. The van der Waals surface area contributed by atoms with Crippen molar-refractivity contribution in [1.29, 1.82) is 0 Å². The molecular weight excluding hydrogens is 297 g/mol. The number of benzene rings is 1. The SMILES string of the molecule is COC(C)c1ccc2ccc(C=CC(C)(C)C(=O)O)c(F)c2n1. The maximum atomic E-state index is 14.7. The Morgan fingerprint density at radius 1 is 1.35 bits per heavy atom. The van der Waals surface area contributed by atoms with Gasteiger partial charge in [0.15, 0.2) is 5.82 Å². The highest BCUT2D eigenvalue weighted by Crippen LogP contribution is 2.25. The van der Waals surface area contributed by atoms with Crippen molar-refractivity contribution in [3.63, 3.8) is 0 Å². The molecule has 0 radical (unpaired) electrons. The first kappa shape index (κ1) is 17.1. The second-order valence-corrected chi connectivity index (χ2v) is 6.01. The summed E-state index contributed by atoms with van der Waals surface area (Å²) in [6.45, 7) is 4.95. The number of aromatic nitrogens is 1. The molecule has 23 heavy (non-hydrogen) atoms. The molecule has 0 aliphatic heterocycles. The van der Waals surface area contributed by atoms with Gasteiger partial charge in [-0.2, -0.15) is 0 Å². The Balaban J connectivity index is 2.49. The van der Waals surface area contributed by atoms with Crippen LogP contribution < -0.4 is 0 Å².